The normalized spacial score (nSPS) is 22.0. The van der Waals surface area contributed by atoms with Crippen molar-refractivity contribution in [1.82, 2.24) is 15.1 Å². The molecule has 1 aromatic rings. The molecule has 2 heterocycles. The Labute approximate surface area is 140 Å². The van der Waals surface area contributed by atoms with E-state index < -0.39 is 6.10 Å². The summed E-state index contributed by atoms with van der Waals surface area (Å²) < 4.78 is 5.50. The van der Waals surface area contributed by atoms with E-state index >= 15 is 0 Å². The van der Waals surface area contributed by atoms with Crippen LogP contribution in [0.2, 0.25) is 5.02 Å². The molecule has 2 amide bonds. The molecule has 0 aromatic heterocycles. The fourth-order valence-corrected chi connectivity index (χ4v) is 2.96. The van der Waals surface area contributed by atoms with Gasteiger partial charge in [0.1, 0.15) is 6.10 Å². The van der Waals surface area contributed by atoms with Gasteiger partial charge in [-0.2, -0.15) is 0 Å². The zero-order valence-electron chi connectivity index (χ0n) is 12.8. The van der Waals surface area contributed by atoms with Gasteiger partial charge in [-0.15, -0.1) is 0 Å². The lowest BCUT2D eigenvalue weighted by atomic mass is 10.1. The number of benzene rings is 1. The van der Waals surface area contributed by atoms with Gasteiger partial charge in [-0.3, -0.25) is 9.59 Å². The molecule has 7 heteroatoms. The van der Waals surface area contributed by atoms with Crippen LogP contribution in [0.5, 0.6) is 0 Å². The van der Waals surface area contributed by atoms with Gasteiger partial charge in [0.25, 0.3) is 11.8 Å². The van der Waals surface area contributed by atoms with Gasteiger partial charge in [0, 0.05) is 49.9 Å². The first-order valence-corrected chi connectivity index (χ1v) is 8.19. The van der Waals surface area contributed by atoms with E-state index in [4.69, 9.17) is 16.3 Å². The van der Waals surface area contributed by atoms with Crippen LogP contribution in [0.25, 0.3) is 0 Å². The molecule has 1 N–H and O–H groups in total. The van der Waals surface area contributed by atoms with Crippen molar-refractivity contribution in [3.8, 4) is 0 Å². The largest absolute Gasteiger partial charge is 0.366 e. The molecule has 0 spiro atoms. The molecule has 1 atom stereocenters. The molecular formula is C16H20ClN3O3. The summed E-state index contributed by atoms with van der Waals surface area (Å²) >= 11 is 5.84. The molecule has 0 saturated carbocycles. The Bertz CT molecular complexity index is 564. The van der Waals surface area contributed by atoms with Crippen LogP contribution in [-0.2, 0) is 9.53 Å². The first-order chi connectivity index (χ1) is 11.1. The Morgan fingerprint density at radius 2 is 1.74 bits per heavy atom. The van der Waals surface area contributed by atoms with E-state index in [2.05, 4.69) is 5.32 Å². The summed E-state index contributed by atoms with van der Waals surface area (Å²) in [5.41, 5.74) is 0.619. The molecule has 6 nitrogen and oxygen atoms in total. The number of hydrogen-bond acceptors (Lipinski definition) is 4. The lowest BCUT2D eigenvalue weighted by Gasteiger charge is -2.37. The summed E-state index contributed by atoms with van der Waals surface area (Å²) in [7, 11) is 0. The van der Waals surface area contributed by atoms with Crippen LogP contribution in [0.3, 0.4) is 0 Å². The Morgan fingerprint density at radius 3 is 2.35 bits per heavy atom. The van der Waals surface area contributed by atoms with Crippen LogP contribution in [0, 0.1) is 0 Å². The Morgan fingerprint density at radius 1 is 1.09 bits per heavy atom. The first kappa shape index (κ1) is 16.2. The second kappa shape index (κ2) is 7.29. The zero-order valence-corrected chi connectivity index (χ0v) is 13.6. The summed E-state index contributed by atoms with van der Waals surface area (Å²) in [6, 6.07) is 6.87. The van der Waals surface area contributed by atoms with Crippen molar-refractivity contribution in [2.75, 3.05) is 45.9 Å². The van der Waals surface area contributed by atoms with Crippen molar-refractivity contribution in [3.05, 3.63) is 34.9 Å². The number of carbonyl (C=O) groups is 2. The van der Waals surface area contributed by atoms with Crippen molar-refractivity contribution in [3.63, 3.8) is 0 Å². The number of nitrogens with zero attached hydrogens (tertiary/aromatic N) is 2. The summed E-state index contributed by atoms with van der Waals surface area (Å²) in [6.45, 7) is 4.05. The molecule has 2 saturated heterocycles. The van der Waals surface area contributed by atoms with Gasteiger partial charge < -0.3 is 19.9 Å². The average Bonchev–Trinajstić information content (AvgIpc) is 2.62. The highest BCUT2D eigenvalue weighted by Gasteiger charge is 2.30. The Hall–Kier alpha value is -1.63. The van der Waals surface area contributed by atoms with E-state index in [1.54, 1.807) is 34.1 Å². The average molecular weight is 338 g/mol. The minimum atomic E-state index is -0.401. The standard InChI is InChI=1S/C16H20ClN3O3/c17-13-3-1-12(2-4-13)15(21)19-6-8-20(9-7-19)16(22)14-11-18-5-10-23-14/h1-4,14,18H,5-11H2. The van der Waals surface area contributed by atoms with Gasteiger partial charge in [0.05, 0.1) is 6.61 Å². The summed E-state index contributed by atoms with van der Waals surface area (Å²) in [4.78, 5) is 28.4. The first-order valence-electron chi connectivity index (χ1n) is 7.81. The maximum absolute atomic E-state index is 12.4. The highest BCUT2D eigenvalue weighted by molar-refractivity contribution is 6.30. The van der Waals surface area contributed by atoms with Gasteiger partial charge in [-0.25, -0.2) is 0 Å². The Kier molecular flexibility index (Phi) is 5.15. The smallest absolute Gasteiger partial charge is 0.253 e. The van der Waals surface area contributed by atoms with Gasteiger partial charge in [-0.1, -0.05) is 11.6 Å². The number of nitrogens with one attached hydrogen (secondary N) is 1. The highest BCUT2D eigenvalue weighted by Crippen LogP contribution is 2.14. The van der Waals surface area contributed by atoms with Crippen LogP contribution < -0.4 is 5.32 Å². The zero-order chi connectivity index (χ0) is 16.2. The third-order valence-corrected chi connectivity index (χ3v) is 4.42. The summed E-state index contributed by atoms with van der Waals surface area (Å²) in [5.74, 6) is -0.0138. The predicted molar refractivity (Wildman–Crippen MR) is 86.5 cm³/mol. The van der Waals surface area contributed by atoms with Crippen molar-refractivity contribution in [1.29, 1.82) is 0 Å². The molecule has 1 unspecified atom stereocenters. The van der Waals surface area contributed by atoms with Crippen LogP contribution in [0.4, 0.5) is 0 Å². The fourth-order valence-electron chi connectivity index (χ4n) is 2.83. The lowest BCUT2D eigenvalue weighted by molar-refractivity contribution is -0.146. The molecule has 1 aromatic carbocycles. The van der Waals surface area contributed by atoms with E-state index in [-0.39, 0.29) is 11.8 Å². The number of morpholine rings is 1. The van der Waals surface area contributed by atoms with Crippen LogP contribution >= 0.6 is 11.6 Å². The van der Waals surface area contributed by atoms with Crippen molar-refractivity contribution in [2.24, 2.45) is 0 Å². The molecule has 2 fully saturated rings. The lowest BCUT2D eigenvalue weighted by Crippen LogP contribution is -2.56. The molecule has 2 aliphatic rings. The maximum atomic E-state index is 12.4. The molecule has 2 aliphatic heterocycles. The second-order valence-corrected chi connectivity index (χ2v) is 6.12. The third kappa shape index (κ3) is 3.83. The number of amides is 2. The van der Waals surface area contributed by atoms with Crippen LogP contribution in [0.1, 0.15) is 10.4 Å². The van der Waals surface area contributed by atoms with E-state index in [1.807, 2.05) is 0 Å². The molecular weight excluding hydrogens is 318 g/mol. The number of rotatable bonds is 2. The van der Waals surface area contributed by atoms with Gasteiger partial charge >= 0.3 is 0 Å². The number of hydrogen-bond donors (Lipinski definition) is 1. The third-order valence-electron chi connectivity index (χ3n) is 4.17. The van der Waals surface area contributed by atoms with E-state index in [0.29, 0.717) is 49.9 Å². The fraction of sp³-hybridized carbons (Fsp3) is 0.500. The van der Waals surface area contributed by atoms with Crippen molar-refractivity contribution >= 4 is 23.4 Å². The predicted octanol–water partition coefficient (Wildman–Crippen LogP) is 0.613. The molecule has 124 valence electrons. The van der Waals surface area contributed by atoms with Crippen molar-refractivity contribution in [2.45, 2.75) is 6.10 Å². The number of halogens is 1. The maximum Gasteiger partial charge on any atom is 0.253 e. The highest BCUT2D eigenvalue weighted by atomic mass is 35.5. The van der Waals surface area contributed by atoms with Crippen molar-refractivity contribution < 1.29 is 14.3 Å². The quantitative estimate of drug-likeness (QED) is 0.859. The van der Waals surface area contributed by atoms with Gasteiger partial charge in [0.2, 0.25) is 0 Å². The SMILES string of the molecule is O=C(c1ccc(Cl)cc1)N1CCN(C(=O)C2CNCCO2)CC1. The minimum absolute atomic E-state index is 0.00999. The number of piperazine rings is 1. The van der Waals surface area contributed by atoms with Crippen LogP contribution in [0.15, 0.2) is 24.3 Å². The monoisotopic (exact) mass is 337 g/mol. The number of ether oxygens (including phenoxy) is 1. The van der Waals surface area contributed by atoms with Crippen LogP contribution in [-0.4, -0.2) is 73.6 Å². The minimum Gasteiger partial charge on any atom is -0.366 e. The Balaban J connectivity index is 1.54. The summed E-state index contributed by atoms with van der Waals surface area (Å²) in [6.07, 6.45) is -0.401. The number of carbonyl (C=O) groups excluding carboxylic acids is 2. The molecule has 3 rings (SSSR count). The molecule has 0 bridgehead atoms. The molecule has 0 radical (unpaired) electrons. The molecule has 23 heavy (non-hydrogen) atoms. The topological polar surface area (TPSA) is 61.9 Å². The van der Waals surface area contributed by atoms with Gasteiger partial charge in [-0.05, 0) is 24.3 Å². The second-order valence-electron chi connectivity index (χ2n) is 5.69. The summed E-state index contributed by atoms with van der Waals surface area (Å²) in [5, 5.41) is 3.77. The van der Waals surface area contributed by atoms with Gasteiger partial charge in [0.15, 0.2) is 0 Å². The van der Waals surface area contributed by atoms with E-state index in [9.17, 15) is 9.59 Å². The van der Waals surface area contributed by atoms with E-state index in [1.165, 1.54) is 0 Å². The molecule has 0 aliphatic carbocycles. The van der Waals surface area contributed by atoms with E-state index in [0.717, 1.165) is 6.54 Å².